The van der Waals surface area contributed by atoms with E-state index in [9.17, 15) is 4.79 Å². The summed E-state index contributed by atoms with van der Waals surface area (Å²) < 4.78 is 0. The van der Waals surface area contributed by atoms with Crippen molar-refractivity contribution in [1.29, 1.82) is 0 Å². The summed E-state index contributed by atoms with van der Waals surface area (Å²) >= 11 is 0. The van der Waals surface area contributed by atoms with E-state index in [0.717, 1.165) is 32.7 Å². The van der Waals surface area contributed by atoms with Crippen LogP contribution < -0.4 is 0 Å². The van der Waals surface area contributed by atoms with Gasteiger partial charge in [-0.3, -0.25) is 19.4 Å². The van der Waals surface area contributed by atoms with Gasteiger partial charge in [0.1, 0.15) is 0 Å². The van der Waals surface area contributed by atoms with Crippen molar-refractivity contribution in [3.63, 3.8) is 0 Å². The van der Waals surface area contributed by atoms with Gasteiger partial charge in [-0.2, -0.15) is 0 Å². The summed E-state index contributed by atoms with van der Waals surface area (Å²) in [4.78, 5) is 21.3. The normalized spacial score (nSPS) is 17.1. The second-order valence-electron chi connectivity index (χ2n) is 5.11. The number of carbonyl (C=O) groups is 1. The lowest BCUT2D eigenvalue weighted by Crippen LogP contribution is -2.49. The Bertz CT molecular complexity index is 416. The quantitative estimate of drug-likeness (QED) is 0.747. The molecule has 0 bridgehead atoms. The minimum absolute atomic E-state index is 0.00371. The van der Waals surface area contributed by atoms with Gasteiger partial charge in [0.2, 0.25) is 0 Å². The predicted octanol–water partition coefficient (Wildman–Crippen LogP) is 0.824. The summed E-state index contributed by atoms with van der Waals surface area (Å²) in [5.41, 5.74) is 1.34. The Balaban J connectivity index is 1.74. The summed E-state index contributed by atoms with van der Waals surface area (Å²) in [5.74, 6) is 0.00371. The van der Waals surface area contributed by atoms with Gasteiger partial charge < -0.3 is 0 Å². The molecule has 1 saturated heterocycles. The molecule has 0 spiro atoms. The lowest BCUT2D eigenvalue weighted by Gasteiger charge is -2.34. The highest BCUT2D eigenvalue weighted by molar-refractivity contribution is 5.76. The maximum absolute atomic E-state index is 11.8. The van der Waals surface area contributed by atoms with Crippen molar-refractivity contribution in [2.24, 2.45) is 0 Å². The van der Waals surface area contributed by atoms with Crippen molar-refractivity contribution in [1.82, 2.24) is 14.9 Å². The van der Waals surface area contributed by atoms with E-state index < -0.39 is 0 Å². The van der Waals surface area contributed by atoms with Gasteiger partial charge in [0.25, 0.3) is 5.91 Å². The van der Waals surface area contributed by atoms with Gasteiger partial charge >= 0.3 is 0 Å². The Hall–Kier alpha value is -1.43. The Morgan fingerprint density at radius 2 is 1.75 bits per heavy atom. The lowest BCUT2D eigenvalue weighted by molar-refractivity contribution is -0.170. The molecule has 0 aliphatic carbocycles. The van der Waals surface area contributed by atoms with E-state index in [0.29, 0.717) is 6.54 Å². The number of piperazine rings is 1. The summed E-state index contributed by atoms with van der Waals surface area (Å²) in [6.45, 7) is 5.27. The second-order valence-corrected chi connectivity index (χ2v) is 5.11. The first-order chi connectivity index (χ1) is 9.69. The van der Waals surface area contributed by atoms with Gasteiger partial charge in [-0.05, 0) is 5.56 Å². The molecule has 20 heavy (non-hydrogen) atoms. The van der Waals surface area contributed by atoms with Crippen LogP contribution in [0.3, 0.4) is 0 Å². The largest absolute Gasteiger partial charge is 0.297 e. The van der Waals surface area contributed by atoms with Crippen LogP contribution >= 0.6 is 0 Å². The van der Waals surface area contributed by atoms with E-state index in [4.69, 9.17) is 4.84 Å². The molecule has 1 heterocycles. The van der Waals surface area contributed by atoms with Crippen LogP contribution in [0.25, 0.3) is 0 Å². The number of likely N-dealkylation sites (N-methyl/N-ethyl adjacent to an activating group) is 1. The Morgan fingerprint density at radius 3 is 2.35 bits per heavy atom. The molecule has 2 rings (SSSR count). The minimum atomic E-state index is 0.00371. The molecule has 5 heteroatoms. The molecule has 5 nitrogen and oxygen atoms in total. The highest BCUT2D eigenvalue weighted by atomic mass is 16.7. The standard InChI is InChI=1S/C15H23N3O2/c1-16(20-2)15(19)13-18-10-8-17(9-11-18)12-14-6-4-3-5-7-14/h3-7H,8-13H2,1-2H3. The molecular weight excluding hydrogens is 254 g/mol. The zero-order valence-corrected chi connectivity index (χ0v) is 12.3. The molecule has 1 aliphatic rings. The molecule has 0 unspecified atom stereocenters. The molecule has 1 aromatic carbocycles. The molecule has 110 valence electrons. The molecule has 0 atom stereocenters. The number of hydroxylamine groups is 2. The monoisotopic (exact) mass is 277 g/mol. The Labute approximate surface area is 120 Å². The number of carbonyl (C=O) groups excluding carboxylic acids is 1. The van der Waals surface area contributed by atoms with Gasteiger partial charge in [0.15, 0.2) is 0 Å². The first-order valence-electron chi connectivity index (χ1n) is 6.98. The summed E-state index contributed by atoms with van der Waals surface area (Å²) in [6, 6.07) is 10.5. The average molecular weight is 277 g/mol. The summed E-state index contributed by atoms with van der Waals surface area (Å²) in [7, 11) is 3.16. The number of rotatable bonds is 5. The number of benzene rings is 1. The minimum Gasteiger partial charge on any atom is -0.297 e. The van der Waals surface area contributed by atoms with Crippen LogP contribution in [0.4, 0.5) is 0 Å². The number of hydrogen-bond donors (Lipinski definition) is 0. The number of amides is 1. The van der Waals surface area contributed by atoms with E-state index in [1.54, 1.807) is 7.05 Å². The van der Waals surface area contributed by atoms with Crippen LogP contribution in [0.15, 0.2) is 30.3 Å². The van der Waals surface area contributed by atoms with Crippen LogP contribution in [-0.4, -0.2) is 67.7 Å². The van der Waals surface area contributed by atoms with Crippen molar-refractivity contribution in [3.05, 3.63) is 35.9 Å². The zero-order chi connectivity index (χ0) is 14.4. The maximum Gasteiger partial charge on any atom is 0.259 e. The van der Waals surface area contributed by atoms with Crippen LogP contribution in [0.2, 0.25) is 0 Å². The topological polar surface area (TPSA) is 36.0 Å². The zero-order valence-electron chi connectivity index (χ0n) is 12.3. The molecule has 0 aromatic heterocycles. The summed E-state index contributed by atoms with van der Waals surface area (Å²) in [5, 5.41) is 1.29. The predicted molar refractivity (Wildman–Crippen MR) is 77.9 cm³/mol. The maximum atomic E-state index is 11.8. The first-order valence-corrected chi connectivity index (χ1v) is 6.98. The molecule has 0 radical (unpaired) electrons. The fraction of sp³-hybridized carbons (Fsp3) is 0.533. The van der Waals surface area contributed by atoms with E-state index >= 15 is 0 Å². The van der Waals surface area contributed by atoms with Gasteiger partial charge in [-0.25, -0.2) is 5.06 Å². The lowest BCUT2D eigenvalue weighted by atomic mass is 10.2. The van der Waals surface area contributed by atoms with E-state index in [2.05, 4.69) is 34.1 Å². The molecule has 1 aliphatic heterocycles. The van der Waals surface area contributed by atoms with Gasteiger partial charge in [0, 0.05) is 39.8 Å². The van der Waals surface area contributed by atoms with Crippen LogP contribution in [0.5, 0.6) is 0 Å². The fourth-order valence-corrected chi connectivity index (χ4v) is 2.34. The molecule has 0 N–H and O–H groups in total. The van der Waals surface area contributed by atoms with Gasteiger partial charge in [-0.15, -0.1) is 0 Å². The highest BCUT2D eigenvalue weighted by Crippen LogP contribution is 2.08. The van der Waals surface area contributed by atoms with E-state index in [-0.39, 0.29) is 5.91 Å². The van der Waals surface area contributed by atoms with Crippen molar-refractivity contribution in [3.8, 4) is 0 Å². The van der Waals surface area contributed by atoms with Crippen molar-refractivity contribution in [2.45, 2.75) is 6.54 Å². The average Bonchev–Trinajstić information content (AvgIpc) is 2.49. The smallest absolute Gasteiger partial charge is 0.259 e. The van der Waals surface area contributed by atoms with E-state index in [1.165, 1.54) is 17.7 Å². The summed E-state index contributed by atoms with van der Waals surface area (Å²) in [6.07, 6.45) is 0. The van der Waals surface area contributed by atoms with Crippen LogP contribution in [-0.2, 0) is 16.2 Å². The molecule has 1 aromatic rings. The molecule has 1 amide bonds. The van der Waals surface area contributed by atoms with Crippen molar-refractivity contribution >= 4 is 5.91 Å². The molecule has 0 saturated carbocycles. The molecular formula is C15H23N3O2. The van der Waals surface area contributed by atoms with Crippen LogP contribution in [0, 0.1) is 0 Å². The first kappa shape index (κ1) is 15.0. The SMILES string of the molecule is CON(C)C(=O)CN1CCN(Cc2ccccc2)CC1. The number of hydrogen-bond acceptors (Lipinski definition) is 4. The Kier molecular flexibility index (Phi) is 5.52. The highest BCUT2D eigenvalue weighted by Gasteiger charge is 2.20. The van der Waals surface area contributed by atoms with Crippen molar-refractivity contribution < 1.29 is 9.63 Å². The Morgan fingerprint density at radius 1 is 1.15 bits per heavy atom. The molecule has 1 fully saturated rings. The third-order valence-corrected chi connectivity index (χ3v) is 3.70. The fourth-order valence-electron chi connectivity index (χ4n) is 2.34. The number of nitrogens with zero attached hydrogens (tertiary/aromatic N) is 3. The third-order valence-electron chi connectivity index (χ3n) is 3.70. The third kappa shape index (κ3) is 4.30. The van der Waals surface area contributed by atoms with Crippen LogP contribution in [0.1, 0.15) is 5.56 Å². The van der Waals surface area contributed by atoms with E-state index in [1.807, 2.05) is 6.07 Å². The second kappa shape index (κ2) is 7.38. The van der Waals surface area contributed by atoms with Gasteiger partial charge in [0.05, 0.1) is 13.7 Å². The van der Waals surface area contributed by atoms with Gasteiger partial charge in [-0.1, -0.05) is 30.3 Å². The van der Waals surface area contributed by atoms with Crippen molar-refractivity contribution in [2.75, 3.05) is 46.9 Å².